The molecule has 78 valence electrons. The molecule has 0 bridgehead atoms. The predicted octanol–water partition coefficient (Wildman–Crippen LogP) is 0.913. The van der Waals surface area contributed by atoms with E-state index in [2.05, 4.69) is 19.2 Å². The Morgan fingerprint density at radius 1 is 1.54 bits per heavy atom. The van der Waals surface area contributed by atoms with E-state index in [9.17, 15) is 5.11 Å². The van der Waals surface area contributed by atoms with Crippen LogP contribution in [-0.4, -0.2) is 35.5 Å². The fraction of sp³-hybridized carbons (Fsp3) is 1.00. The van der Waals surface area contributed by atoms with Crippen LogP contribution in [0.5, 0.6) is 0 Å². The third kappa shape index (κ3) is 2.42. The molecule has 2 N–H and O–H groups in total. The van der Waals surface area contributed by atoms with Gasteiger partial charge in [-0.1, -0.05) is 0 Å². The highest BCUT2D eigenvalue weighted by Crippen LogP contribution is 2.25. The number of hydrogen-bond donors (Lipinski definition) is 2. The average Bonchev–Trinajstić information content (AvgIpc) is 2.32. The summed E-state index contributed by atoms with van der Waals surface area (Å²) < 4.78 is 5.50. The van der Waals surface area contributed by atoms with E-state index in [1.165, 1.54) is 0 Å². The van der Waals surface area contributed by atoms with Crippen molar-refractivity contribution in [2.45, 2.75) is 57.9 Å². The fourth-order valence-electron chi connectivity index (χ4n) is 1.67. The lowest BCUT2D eigenvalue weighted by molar-refractivity contribution is 0.0695. The molecule has 1 aliphatic heterocycles. The van der Waals surface area contributed by atoms with Crippen molar-refractivity contribution in [2.24, 2.45) is 0 Å². The van der Waals surface area contributed by atoms with Crippen LogP contribution in [0, 0.1) is 0 Å². The zero-order valence-corrected chi connectivity index (χ0v) is 9.00. The van der Waals surface area contributed by atoms with Crippen LogP contribution in [0.2, 0.25) is 0 Å². The molecule has 1 aliphatic rings. The van der Waals surface area contributed by atoms with Crippen LogP contribution in [0.15, 0.2) is 0 Å². The normalized spacial score (nSPS) is 39.0. The van der Waals surface area contributed by atoms with Crippen molar-refractivity contribution in [3.63, 3.8) is 0 Å². The molecule has 1 rings (SSSR count). The second-order valence-corrected chi connectivity index (χ2v) is 4.35. The van der Waals surface area contributed by atoms with E-state index in [0.717, 1.165) is 13.0 Å². The maximum absolute atomic E-state index is 9.38. The van der Waals surface area contributed by atoms with E-state index in [4.69, 9.17) is 4.74 Å². The van der Waals surface area contributed by atoms with Crippen LogP contribution < -0.4 is 5.32 Å². The highest BCUT2D eigenvalue weighted by molar-refractivity contribution is 4.95. The predicted molar refractivity (Wildman–Crippen MR) is 52.7 cm³/mol. The second kappa shape index (κ2) is 3.95. The molecule has 3 heteroatoms. The quantitative estimate of drug-likeness (QED) is 0.690. The van der Waals surface area contributed by atoms with Gasteiger partial charge in [-0.05, 0) is 34.1 Å². The summed E-state index contributed by atoms with van der Waals surface area (Å²) in [4.78, 5) is 0. The van der Waals surface area contributed by atoms with Gasteiger partial charge in [-0.2, -0.15) is 0 Å². The molecule has 0 aromatic rings. The van der Waals surface area contributed by atoms with Gasteiger partial charge in [0.25, 0.3) is 0 Å². The molecule has 0 aliphatic carbocycles. The molecule has 0 spiro atoms. The molecule has 13 heavy (non-hydrogen) atoms. The Bertz CT molecular complexity index is 172. The first-order valence-electron chi connectivity index (χ1n) is 5.03. The zero-order chi connectivity index (χ0) is 10.1. The lowest BCUT2D eigenvalue weighted by atomic mass is 9.93. The van der Waals surface area contributed by atoms with Crippen LogP contribution in [0.25, 0.3) is 0 Å². The molecule has 0 aromatic carbocycles. The minimum absolute atomic E-state index is 0.0242. The van der Waals surface area contributed by atoms with Gasteiger partial charge < -0.3 is 15.2 Å². The van der Waals surface area contributed by atoms with Crippen molar-refractivity contribution in [1.29, 1.82) is 0 Å². The highest BCUT2D eigenvalue weighted by atomic mass is 16.5. The van der Waals surface area contributed by atoms with E-state index in [1.807, 2.05) is 13.8 Å². The van der Waals surface area contributed by atoms with Crippen molar-refractivity contribution < 1.29 is 9.84 Å². The smallest absolute Gasteiger partial charge is 0.0726 e. The Morgan fingerprint density at radius 2 is 2.15 bits per heavy atom. The molecular weight excluding hydrogens is 166 g/mol. The first-order chi connectivity index (χ1) is 5.96. The van der Waals surface area contributed by atoms with Gasteiger partial charge in [0, 0.05) is 18.2 Å². The van der Waals surface area contributed by atoms with Gasteiger partial charge in [-0.15, -0.1) is 0 Å². The number of hydrogen-bond acceptors (Lipinski definition) is 3. The molecule has 1 saturated heterocycles. The van der Waals surface area contributed by atoms with Crippen LogP contribution in [0.1, 0.15) is 34.1 Å². The molecule has 3 nitrogen and oxygen atoms in total. The lowest BCUT2D eigenvalue weighted by Crippen LogP contribution is -2.54. The highest BCUT2D eigenvalue weighted by Gasteiger charge is 2.38. The minimum atomic E-state index is -0.315. The van der Waals surface area contributed by atoms with Crippen molar-refractivity contribution in [1.82, 2.24) is 5.32 Å². The van der Waals surface area contributed by atoms with Gasteiger partial charge in [0.15, 0.2) is 0 Å². The summed E-state index contributed by atoms with van der Waals surface area (Å²) in [5.74, 6) is 0. The monoisotopic (exact) mass is 187 g/mol. The molecular formula is C10H21NO2. The maximum atomic E-state index is 9.38. The summed E-state index contributed by atoms with van der Waals surface area (Å²) >= 11 is 0. The van der Waals surface area contributed by atoms with Crippen molar-refractivity contribution in [3.8, 4) is 0 Å². The Labute approximate surface area is 80.5 Å². The van der Waals surface area contributed by atoms with Crippen molar-refractivity contribution >= 4 is 0 Å². The standard InChI is InChI=1S/C10H21NO2/c1-7(8(2)12)11-10(4)5-6-13-9(10)3/h7-9,11-12H,5-6H2,1-4H3. The molecule has 1 heterocycles. The molecule has 0 amide bonds. The first-order valence-corrected chi connectivity index (χ1v) is 5.03. The summed E-state index contributed by atoms with van der Waals surface area (Å²) in [7, 11) is 0. The summed E-state index contributed by atoms with van der Waals surface area (Å²) in [6.07, 6.45) is 0.934. The maximum Gasteiger partial charge on any atom is 0.0726 e. The van der Waals surface area contributed by atoms with Gasteiger partial charge in [0.05, 0.1) is 12.2 Å². The molecule has 0 radical (unpaired) electrons. The third-order valence-electron chi connectivity index (χ3n) is 3.17. The van der Waals surface area contributed by atoms with Crippen LogP contribution in [-0.2, 0) is 4.74 Å². The summed E-state index contributed by atoms with van der Waals surface area (Å²) in [6.45, 7) is 8.86. The number of aliphatic hydroxyl groups excluding tert-OH is 1. The van der Waals surface area contributed by atoms with E-state index in [-0.39, 0.29) is 23.8 Å². The van der Waals surface area contributed by atoms with E-state index in [0.29, 0.717) is 0 Å². The number of nitrogens with one attached hydrogen (secondary N) is 1. The molecule has 0 saturated carbocycles. The number of rotatable bonds is 3. The van der Waals surface area contributed by atoms with E-state index >= 15 is 0 Å². The SMILES string of the molecule is CC(O)C(C)NC1(C)CCOC1C. The molecule has 0 aromatic heterocycles. The lowest BCUT2D eigenvalue weighted by Gasteiger charge is -2.33. The molecule has 1 fully saturated rings. The van der Waals surface area contributed by atoms with Gasteiger partial charge in [-0.3, -0.25) is 0 Å². The largest absolute Gasteiger partial charge is 0.392 e. The van der Waals surface area contributed by atoms with Gasteiger partial charge in [-0.25, -0.2) is 0 Å². The van der Waals surface area contributed by atoms with Crippen LogP contribution >= 0.6 is 0 Å². The second-order valence-electron chi connectivity index (χ2n) is 4.35. The summed E-state index contributed by atoms with van der Waals surface area (Å²) in [5, 5.41) is 12.8. The molecule has 4 unspecified atom stereocenters. The van der Waals surface area contributed by atoms with Crippen molar-refractivity contribution in [3.05, 3.63) is 0 Å². The van der Waals surface area contributed by atoms with E-state index in [1.54, 1.807) is 0 Å². The van der Waals surface area contributed by atoms with Gasteiger partial charge in [0.1, 0.15) is 0 Å². The average molecular weight is 187 g/mol. The van der Waals surface area contributed by atoms with Crippen LogP contribution in [0.3, 0.4) is 0 Å². The fourth-order valence-corrected chi connectivity index (χ4v) is 1.67. The van der Waals surface area contributed by atoms with Gasteiger partial charge in [0.2, 0.25) is 0 Å². The van der Waals surface area contributed by atoms with Crippen LogP contribution in [0.4, 0.5) is 0 Å². The molecule has 4 atom stereocenters. The summed E-state index contributed by atoms with van der Waals surface area (Å²) in [6, 6.07) is 0.120. The van der Waals surface area contributed by atoms with Crippen molar-refractivity contribution in [2.75, 3.05) is 6.61 Å². The number of ether oxygens (including phenoxy) is 1. The Kier molecular flexibility index (Phi) is 3.33. The summed E-state index contributed by atoms with van der Waals surface area (Å²) in [5.41, 5.74) is 0.0242. The first kappa shape index (κ1) is 11.0. The number of aliphatic hydroxyl groups is 1. The minimum Gasteiger partial charge on any atom is -0.392 e. The Balaban J connectivity index is 2.51. The third-order valence-corrected chi connectivity index (χ3v) is 3.17. The van der Waals surface area contributed by atoms with E-state index < -0.39 is 0 Å². The topological polar surface area (TPSA) is 41.5 Å². The van der Waals surface area contributed by atoms with Gasteiger partial charge >= 0.3 is 0 Å². The Morgan fingerprint density at radius 3 is 2.54 bits per heavy atom. The zero-order valence-electron chi connectivity index (χ0n) is 9.00. The Hall–Kier alpha value is -0.120.